The quantitative estimate of drug-likeness (QED) is 0.640. The highest BCUT2D eigenvalue weighted by molar-refractivity contribution is 5.86. The zero-order valence-corrected chi connectivity index (χ0v) is 18.9. The number of aromatic nitrogens is 2. The van der Waals surface area contributed by atoms with Crippen molar-refractivity contribution in [3.63, 3.8) is 0 Å². The van der Waals surface area contributed by atoms with E-state index >= 15 is 0 Å². The Balaban J connectivity index is 1.46. The smallest absolute Gasteiger partial charge is 0.227 e. The highest BCUT2D eigenvalue weighted by Gasteiger charge is 2.26. The second-order valence-electron chi connectivity index (χ2n) is 8.69. The first-order valence-corrected chi connectivity index (χ1v) is 10.8. The Morgan fingerprint density at radius 2 is 1.91 bits per heavy atom. The molecule has 0 saturated carbocycles. The Hall–Kier alpha value is -3.39. The molecule has 1 saturated heterocycles. The van der Waals surface area contributed by atoms with Crippen LogP contribution in [0, 0.1) is 6.92 Å². The van der Waals surface area contributed by atoms with Crippen molar-refractivity contribution in [2.75, 3.05) is 46.2 Å². The number of nitrogens with one attached hydrogen (secondary N) is 1. The average Bonchev–Trinajstić information content (AvgIpc) is 3.18. The summed E-state index contributed by atoms with van der Waals surface area (Å²) in [6.45, 7) is 4.75. The topological polar surface area (TPSA) is 75.1 Å². The van der Waals surface area contributed by atoms with Gasteiger partial charge >= 0.3 is 0 Å². The van der Waals surface area contributed by atoms with Gasteiger partial charge in [0.2, 0.25) is 5.95 Å². The molecule has 0 radical (unpaired) electrons. The first-order valence-electron chi connectivity index (χ1n) is 10.8. The lowest BCUT2D eigenvalue weighted by atomic mass is 10.00. The van der Waals surface area contributed by atoms with E-state index < -0.39 is 0 Å². The summed E-state index contributed by atoms with van der Waals surface area (Å²) in [4.78, 5) is 11.5. The summed E-state index contributed by atoms with van der Waals surface area (Å²) in [5.74, 6) is 2.32. The Bertz CT molecular complexity index is 1170. The first kappa shape index (κ1) is 20.5. The van der Waals surface area contributed by atoms with Crippen LogP contribution in [0.1, 0.15) is 17.0 Å². The number of methoxy groups -OCH3 is 1. The van der Waals surface area contributed by atoms with Gasteiger partial charge in [0.25, 0.3) is 0 Å². The maximum absolute atomic E-state index is 6.25. The van der Waals surface area contributed by atoms with E-state index in [0.717, 1.165) is 58.9 Å². The molecule has 0 aliphatic carbocycles. The predicted molar refractivity (Wildman–Crippen MR) is 126 cm³/mol. The zero-order valence-electron chi connectivity index (χ0n) is 18.9. The Morgan fingerprint density at radius 3 is 2.62 bits per heavy atom. The third-order valence-corrected chi connectivity index (χ3v) is 5.86. The van der Waals surface area contributed by atoms with Crippen molar-refractivity contribution in [3.8, 4) is 11.5 Å². The molecule has 1 unspecified atom stereocenters. The molecule has 0 spiro atoms. The largest absolute Gasteiger partial charge is 0.494 e. The molecule has 2 aliphatic heterocycles. The van der Waals surface area contributed by atoms with Crippen molar-refractivity contribution in [2.45, 2.75) is 18.9 Å². The summed E-state index contributed by atoms with van der Waals surface area (Å²) in [6.07, 6.45) is 4.02. The minimum absolute atomic E-state index is 0.215. The van der Waals surface area contributed by atoms with Gasteiger partial charge in [-0.15, -0.1) is 0 Å². The molecule has 3 aromatic rings. The lowest BCUT2D eigenvalue weighted by Crippen LogP contribution is -2.51. The molecule has 2 aromatic carbocycles. The average molecular weight is 433 g/mol. The molecule has 166 valence electrons. The lowest BCUT2D eigenvalue weighted by molar-refractivity contribution is 0.0388. The number of rotatable bonds is 6. The van der Waals surface area contributed by atoms with E-state index in [-0.39, 0.29) is 12.0 Å². The van der Waals surface area contributed by atoms with Crippen LogP contribution in [-0.2, 0) is 0 Å². The lowest BCUT2D eigenvalue weighted by Gasteiger charge is -2.36. The number of hydrogen-bond acceptors (Lipinski definition) is 8. The molecular formula is C24H28N6O2. The second-order valence-corrected chi connectivity index (χ2v) is 8.69. The van der Waals surface area contributed by atoms with E-state index in [9.17, 15) is 0 Å². The van der Waals surface area contributed by atoms with E-state index in [1.165, 1.54) is 0 Å². The van der Waals surface area contributed by atoms with Gasteiger partial charge in [-0.3, -0.25) is 9.91 Å². The molecule has 8 heteroatoms. The van der Waals surface area contributed by atoms with E-state index in [0.29, 0.717) is 5.95 Å². The highest BCUT2D eigenvalue weighted by Crippen LogP contribution is 2.31. The standard InChI is InChI=1S/C24H28N6O2/c1-15-5-17-10-25-24(28-23(17)22(6-15)31-4)27-19-7-16(18-11-26-30(3)12-18)8-20(9-19)32-21-13-29(2)14-21/h5-11,18,21H,12-14H2,1-4H3,(H,25,27,28). The molecule has 1 N–H and O–H groups in total. The van der Waals surface area contributed by atoms with Gasteiger partial charge in [0, 0.05) is 62.2 Å². The molecule has 5 rings (SSSR count). The molecule has 1 fully saturated rings. The van der Waals surface area contributed by atoms with Gasteiger partial charge in [0.05, 0.1) is 7.11 Å². The van der Waals surface area contributed by atoms with Gasteiger partial charge in [-0.05, 0) is 49.4 Å². The van der Waals surface area contributed by atoms with Crippen LogP contribution < -0.4 is 14.8 Å². The van der Waals surface area contributed by atoms with Crippen LogP contribution in [-0.4, -0.2) is 73.0 Å². The SMILES string of the molecule is COc1cc(C)cc2cnc(Nc3cc(OC4CN(C)C4)cc(C4C=NN(C)C4)c3)nc12. The monoisotopic (exact) mass is 432 g/mol. The molecule has 3 heterocycles. The second kappa shape index (κ2) is 8.27. The van der Waals surface area contributed by atoms with E-state index in [4.69, 9.17) is 14.5 Å². The van der Waals surface area contributed by atoms with Crippen LogP contribution in [0.25, 0.3) is 10.9 Å². The number of anilines is 2. The molecule has 32 heavy (non-hydrogen) atoms. The van der Waals surface area contributed by atoms with Gasteiger partial charge < -0.3 is 14.8 Å². The van der Waals surface area contributed by atoms with Crippen molar-refractivity contribution in [1.82, 2.24) is 19.9 Å². The number of likely N-dealkylation sites (N-methyl/N-ethyl adjacent to an activating group) is 2. The minimum atomic E-state index is 0.215. The first-order chi connectivity index (χ1) is 15.5. The molecule has 0 amide bonds. The molecule has 1 aromatic heterocycles. The zero-order chi connectivity index (χ0) is 22.2. The van der Waals surface area contributed by atoms with Crippen LogP contribution in [0.2, 0.25) is 0 Å². The Labute approximate surface area is 187 Å². The predicted octanol–water partition coefficient (Wildman–Crippen LogP) is 3.40. The van der Waals surface area contributed by atoms with Crippen molar-refractivity contribution in [1.29, 1.82) is 0 Å². The number of ether oxygens (including phenoxy) is 2. The number of aryl methyl sites for hydroxylation is 1. The molecule has 1 atom stereocenters. The maximum atomic E-state index is 6.25. The fourth-order valence-electron chi connectivity index (χ4n) is 4.25. The fourth-order valence-corrected chi connectivity index (χ4v) is 4.25. The number of likely N-dealkylation sites (tertiary alicyclic amines) is 1. The summed E-state index contributed by atoms with van der Waals surface area (Å²) in [7, 11) is 5.74. The number of hydrogen-bond donors (Lipinski definition) is 1. The van der Waals surface area contributed by atoms with Crippen LogP contribution in [0.5, 0.6) is 11.5 Å². The molecule has 0 bridgehead atoms. The third-order valence-electron chi connectivity index (χ3n) is 5.86. The van der Waals surface area contributed by atoms with Gasteiger partial charge in [0.15, 0.2) is 0 Å². The van der Waals surface area contributed by atoms with Crippen molar-refractivity contribution in [2.24, 2.45) is 5.10 Å². The maximum Gasteiger partial charge on any atom is 0.227 e. The van der Waals surface area contributed by atoms with Crippen molar-refractivity contribution in [3.05, 3.63) is 47.7 Å². The number of nitrogens with zero attached hydrogens (tertiary/aromatic N) is 5. The normalized spacial score (nSPS) is 18.8. The van der Waals surface area contributed by atoms with Crippen molar-refractivity contribution < 1.29 is 9.47 Å². The van der Waals surface area contributed by atoms with E-state index in [1.54, 1.807) is 7.11 Å². The minimum Gasteiger partial charge on any atom is -0.494 e. The number of benzene rings is 2. The summed E-state index contributed by atoms with van der Waals surface area (Å²) < 4.78 is 11.8. The van der Waals surface area contributed by atoms with Gasteiger partial charge in [-0.25, -0.2) is 9.97 Å². The molecule has 2 aliphatic rings. The van der Waals surface area contributed by atoms with Crippen LogP contribution >= 0.6 is 0 Å². The van der Waals surface area contributed by atoms with E-state index in [2.05, 4.69) is 45.5 Å². The summed E-state index contributed by atoms with van der Waals surface area (Å²) in [5, 5.41) is 10.7. The van der Waals surface area contributed by atoms with Crippen LogP contribution in [0.15, 0.2) is 41.6 Å². The van der Waals surface area contributed by atoms with Crippen LogP contribution in [0.4, 0.5) is 11.6 Å². The fraction of sp³-hybridized carbons (Fsp3) is 0.375. The molecular weight excluding hydrogens is 404 g/mol. The van der Waals surface area contributed by atoms with Crippen molar-refractivity contribution >= 4 is 28.8 Å². The Morgan fingerprint density at radius 1 is 1.06 bits per heavy atom. The van der Waals surface area contributed by atoms with E-state index in [1.807, 2.05) is 43.5 Å². The number of fused-ring (bicyclic) bond motifs is 1. The Kier molecular flexibility index (Phi) is 5.30. The summed E-state index contributed by atoms with van der Waals surface area (Å²) in [5.41, 5.74) is 3.93. The van der Waals surface area contributed by atoms with Gasteiger partial charge in [-0.1, -0.05) is 0 Å². The van der Waals surface area contributed by atoms with Crippen LogP contribution in [0.3, 0.4) is 0 Å². The number of hydrazone groups is 1. The summed E-state index contributed by atoms with van der Waals surface area (Å²) >= 11 is 0. The van der Waals surface area contributed by atoms with Gasteiger partial charge in [0.1, 0.15) is 23.1 Å². The molecule has 8 nitrogen and oxygen atoms in total. The summed E-state index contributed by atoms with van der Waals surface area (Å²) in [6, 6.07) is 10.3. The third kappa shape index (κ3) is 4.18. The van der Waals surface area contributed by atoms with Gasteiger partial charge in [-0.2, -0.15) is 5.10 Å². The highest BCUT2D eigenvalue weighted by atomic mass is 16.5.